The van der Waals surface area contributed by atoms with Crippen LogP contribution in [0.25, 0.3) is 0 Å². The molecular weight excluding hydrogens is 155 g/mol. The standard InChI is InChI=1S/Cr.Mn.3O/q;+2;;2*-1. The van der Waals surface area contributed by atoms with Crippen molar-refractivity contribution in [3.63, 3.8) is 0 Å². The van der Waals surface area contributed by atoms with E-state index in [0.29, 0.717) is 0 Å². The van der Waals surface area contributed by atoms with Gasteiger partial charge >= 0.3 is 43.9 Å². The number of hydrogen-bond acceptors (Lipinski definition) is 3. The molecule has 0 aliphatic heterocycles. The maximum absolute atomic E-state index is 8.54. The van der Waals surface area contributed by atoms with Crippen molar-refractivity contribution in [2.75, 3.05) is 0 Å². The molecule has 0 spiro atoms. The van der Waals surface area contributed by atoms with E-state index in [1.54, 1.807) is 0 Å². The Morgan fingerprint density at radius 1 is 1.40 bits per heavy atom. The Bertz CT molecular complexity index is 29.9. The normalized spacial score (nSPS) is 7.00. The van der Waals surface area contributed by atoms with Gasteiger partial charge in [-0.15, -0.1) is 0 Å². The molecule has 0 atom stereocenters. The zero-order chi connectivity index (χ0) is 3.58. The minimum atomic E-state index is -3.79. The van der Waals surface area contributed by atoms with E-state index >= 15 is 0 Å². The van der Waals surface area contributed by atoms with Crippen LogP contribution >= 0.6 is 0 Å². The second-order valence-corrected chi connectivity index (χ2v) is 0.842. The van der Waals surface area contributed by atoms with E-state index in [2.05, 4.69) is 0 Å². The average Bonchev–Trinajstić information content (AvgIpc) is 0.811. The molecule has 0 unspecified atom stereocenters. The molecular formula is CrMnO3. The van der Waals surface area contributed by atoms with Crippen LogP contribution in [-0.4, -0.2) is 0 Å². The average molecular weight is 155 g/mol. The first-order valence-corrected chi connectivity index (χ1v) is 2.06. The summed E-state index contributed by atoms with van der Waals surface area (Å²) in [5, 5.41) is 0. The second kappa shape index (κ2) is 4.77. The summed E-state index contributed by atoms with van der Waals surface area (Å²) in [6.07, 6.45) is 0. The molecule has 0 N–H and O–H groups in total. The maximum atomic E-state index is 8.54. The van der Waals surface area contributed by atoms with Gasteiger partial charge in [-0.1, -0.05) is 0 Å². The molecule has 31 valence electrons. The molecule has 0 aromatic rings. The fourth-order valence-electron chi connectivity index (χ4n) is 0. The summed E-state index contributed by atoms with van der Waals surface area (Å²) in [7, 11) is 0. The third-order valence-electron chi connectivity index (χ3n) is 0. The van der Waals surface area contributed by atoms with Gasteiger partial charge in [0.2, 0.25) is 0 Å². The summed E-state index contributed by atoms with van der Waals surface area (Å²) in [5.74, 6) is 0. The summed E-state index contributed by atoms with van der Waals surface area (Å²) in [4.78, 5) is 0. The van der Waals surface area contributed by atoms with Crippen LogP contribution in [0.2, 0.25) is 0 Å². The first kappa shape index (κ1) is 9.24. The van der Waals surface area contributed by atoms with Crippen molar-refractivity contribution in [1.29, 1.82) is 0 Å². The molecule has 0 aromatic heterocycles. The molecule has 5 heteroatoms. The van der Waals surface area contributed by atoms with Crippen molar-refractivity contribution >= 4 is 0 Å². The molecule has 3 nitrogen and oxygen atoms in total. The zero-order valence-corrected chi connectivity index (χ0v) is 4.47. The monoisotopic (exact) mass is 155 g/mol. The summed E-state index contributed by atoms with van der Waals surface area (Å²) in [6, 6.07) is 0. The van der Waals surface area contributed by atoms with Crippen LogP contribution in [0.1, 0.15) is 0 Å². The first-order valence-electron chi connectivity index (χ1n) is 0.500. The van der Waals surface area contributed by atoms with E-state index < -0.39 is 14.8 Å². The topological polar surface area (TPSA) is 63.2 Å². The summed E-state index contributed by atoms with van der Waals surface area (Å²) >= 11 is -3.79. The van der Waals surface area contributed by atoms with Gasteiger partial charge in [0, 0.05) is 0 Å². The van der Waals surface area contributed by atoms with E-state index in [1.165, 1.54) is 0 Å². The molecule has 0 aromatic carbocycles. The SMILES string of the molecule is [Mn+2].[O]=[Cr]([O-])[O-]. The van der Waals surface area contributed by atoms with Gasteiger partial charge in [-0.3, -0.25) is 0 Å². The summed E-state index contributed by atoms with van der Waals surface area (Å²) < 4.78 is 25.6. The van der Waals surface area contributed by atoms with Gasteiger partial charge in [0.15, 0.2) is 0 Å². The molecule has 0 rings (SSSR count). The van der Waals surface area contributed by atoms with Gasteiger partial charge in [0.1, 0.15) is 0 Å². The quantitative estimate of drug-likeness (QED) is 0.363. The van der Waals surface area contributed by atoms with Crippen molar-refractivity contribution in [2.45, 2.75) is 0 Å². The summed E-state index contributed by atoms with van der Waals surface area (Å²) in [6.45, 7) is 0. The summed E-state index contributed by atoms with van der Waals surface area (Å²) in [5.41, 5.74) is 0. The molecule has 0 aliphatic carbocycles. The van der Waals surface area contributed by atoms with E-state index in [4.69, 9.17) is 12.1 Å². The van der Waals surface area contributed by atoms with Crippen LogP contribution in [0.5, 0.6) is 0 Å². The van der Waals surface area contributed by atoms with E-state index in [-0.39, 0.29) is 17.1 Å². The van der Waals surface area contributed by atoms with E-state index in [9.17, 15) is 0 Å². The Labute approximate surface area is 44.4 Å². The van der Waals surface area contributed by atoms with Crippen molar-refractivity contribution in [3.8, 4) is 0 Å². The van der Waals surface area contributed by atoms with Crippen molar-refractivity contribution < 1.29 is 43.9 Å². The van der Waals surface area contributed by atoms with Crippen LogP contribution in [0.15, 0.2) is 0 Å². The molecule has 0 fully saturated rings. The van der Waals surface area contributed by atoms with Gasteiger partial charge in [0.25, 0.3) is 0 Å². The van der Waals surface area contributed by atoms with Crippen LogP contribution in [0, 0.1) is 0 Å². The van der Waals surface area contributed by atoms with E-state index in [1.807, 2.05) is 0 Å². The molecule has 1 radical (unpaired) electrons. The predicted molar refractivity (Wildman–Crippen MR) is 0.686 cm³/mol. The Morgan fingerprint density at radius 3 is 1.40 bits per heavy atom. The molecule has 5 heavy (non-hydrogen) atoms. The second-order valence-electron chi connectivity index (χ2n) is 0.204. The number of hydrogen-bond donors (Lipinski definition) is 0. The fourth-order valence-corrected chi connectivity index (χ4v) is 0. The third kappa shape index (κ3) is 61.5. The minimum absolute atomic E-state index is 0. The van der Waals surface area contributed by atoms with Crippen LogP contribution in [-0.2, 0) is 35.6 Å². The first-order chi connectivity index (χ1) is 1.73. The molecule has 0 heterocycles. The van der Waals surface area contributed by atoms with Crippen molar-refractivity contribution in [3.05, 3.63) is 0 Å². The zero-order valence-electron chi connectivity index (χ0n) is 2.01. The fraction of sp³-hybridized carbons (Fsp3) is 0. The Kier molecular flexibility index (Phi) is 8.82. The van der Waals surface area contributed by atoms with Gasteiger partial charge < -0.3 is 0 Å². The van der Waals surface area contributed by atoms with Crippen molar-refractivity contribution in [2.24, 2.45) is 0 Å². The molecule has 0 saturated carbocycles. The van der Waals surface area contributed by atoms with Crippen LogP contribution in [0.4, 0.5) is 0 Å². The predicted octanol–water partition coefficient (Wildman–Crippen LogP) is -2.50. The van der Waals surface area contributed by atoms with Gasteiger partial charge in [-0.25, -0.2) is 0 Å². The van der Waals surface area contributed by atoms with Crippen LogP contribution in [0.3, 0.4) is 0 Å². The Morgan fingerprint density at radius 2 is 1.40 bits per heavy atom. The van der Waals surface area contributed by atoms with Gasteiger partial charge in [-0.05, 0) is 0 Å². The molecule has 0 bridgehead atoms. The molecule has 0 aliphatic rings. The Balaban J connectivity index is 0. The van der Waals surface area contributed by atoms with Crippen LogP contribution < -0.4 is 8.32 Å². The van der Waals surface area contributed by atoms with Gasteiger partial charge in [-0.2, -0.15) is 0 Å². The third-order valence-corrected chi connectivity index (χ3v) is 0. The van der Waals surface area contributed by atoms with Gasteiger partial charge in [0.05, 0.1) is 0 Å². The molecule has 0 saturated heterocycles. The van der Waals surface area contributed by atoms with E-state index in [0.717, 1.165) is 0 Å². The number of rotatable bonds is 0. The Hall–Kier alpha value is 0.772. The molecule has 0 amide bonds. The van der Waals surface area contributed by atoms with Crippen molar-refractivity contribution in [1.82, 2.24) is 0 Å².